The van der Waals surface area contributed by atoms with E-state index in [-0.39, 0.29) is 12.5 Å². The zero-order valence-corrected chi connectivity index (χ0v) is 23.1. The van der Waals surface area contributed by atoms with Crippen molar-refractivity contribution in [1.82, 2.24) is 19.7 Å². The van der Waals surface area contributed by atoms with Gasteiger partial charge in [0.05, 0.1) is 0 Å². The molecule has 16 heteroatoms. The van der Waals surface area contributed by atoms with Crippen molar-refractivity contribution in [2.75, 3.05) is 31.1 Å². The molecule has 3 aromatic rings. The number of aromatic nitrogens is 3. The number of aryl methyl sites for hydroxylation is 1. The number of fused-ring (bicyclic) bond motifs is 2. The third kappa shape index (κ3) is 6.54. The molecule has 0 saturated carbocycles. The first-order valence-electron chi connectivity index (χ1n) is 13.0. The Morgan fingerprint density at radius 1 is 0.976 bits per heavy atom. The summed E-state index contributed by atoms with van der Waals surface area (Å²) in [6, 6.07) is 9.52. The van der Waals surface area contributed by atoms with Crippen LogP contribution in [0, 0.1) is 6.92 Å². The Labute approximate surface area is 244 Å². The SMILES string of the molecule is Cc1cc(N2CCN(C(=O)Cn3nc(C=O)c4cccnc43)CC2)ccc1Cl.OC1OC2OC(O)C(O)OC2OC1O. The zero-order valence-electron chi connectivity index (χ0n) is 22.4. The molecule has 3 aliphatic rings. The van der Waals surface area contributed by atoms with Gasteiger partial charge in [-0.3, -0.25) is 9.59 Å². The van der Waals surface area contributed by atoms with E-state index in [0.717, 1.165) is 29.4 Å². The van der Waals surface area contributed by atoms with Crippen molar-refractivity contribution in [2.45, 2.75) is 51.2 Å². The normalized spacial score (nSPS) is 27.7. The van der Waals surface area contributed by atoms with Gasteiger partial charge in [-0.2, -0.15) is 5.10 Å². The number of pyridine rings is 1. The van der Waals surface area contributed by atoms with Gasteiger partial charge < -0.3 is 49.2 Å². The lowest BCUT2D eigenvalue weighted by atomic mass is 10.2. The number of aldehydes is 1. The van der Waals surface area contributed by atoms with Gasteiger partial charge >= 0.3 is 0 Å². The highest BCUT2D eigenvalue weighted by molar-refractivity contribution is 6.31. The van der Waals surface area contributed by atoms with Crippen molar-refractivity contribution in [1.29, 1.82) is 0 Å². The first-order valence-corrected chi connectivity index (χ1v) is 13.4. The van der Waals surface area contributed by atoms with Crippen LogP contribution in [0.3, 0.4) is 0 Å². The quantitative estimate of drug-likeness (QED) is 0.280. The average molecular weight is 608 g/mol. The Bertz CT molecular complexity index is 1380. The zero-order chi connectivity index (χ0) is 30.0. The van der Waals surface area contributed by atoms with Crippen LogP contribution in [0.15, 0.2) is 36.5 Å². The predicted octanol–water partition coefficient (Wildman–Crippen LogP) is -0.440. The van der Waals surface area contributed by atoms with Crippen molar-refractivity contribution in [3.05, 3.63) is 52.8 Å². The first-order chi connectivity index (χ1) is 20.1. The number of carbonyl (C=O) groups excluding carboxylic acids is 2. The highest BCUT2D eigenvalue weighted by Crippen LogP contribution is 2.27. The second-order valence-corrected chi connectivity index (χ2v) is 10.1. The molecule has 1 aromatic carbocycles. The standard InChI is InChI=1S/C20H20ClN5O2.C6H10O8/c1-14-11-15(4-5-17(14)21)24-7-9-25(10-8-24)19(28)12-26-20-16(3-2-6-22-20)18(13-27)23-26;7-1-2(8)12-6-5(11-1)13-3(9)4(10)14-6/h2-6,11,13H,7-10,12H2,1H3;1-10H. The molecular weight excluding hydrogens is 578 g/mol. The minimum atomic E-state index is -1.58. The second kappa shape index (κ2) is 12.9. The number of hydrogen-bond acceptors (Lipinski definition) is 13. The molecule has 6 rings (SSSR count). The fourth-order valence-electron chi connectivity index (χ4n) is 4.64. The van der Waals surface area contributed by atoms with Crippen LogP contribution >= 0.6 is 11.6 Å². The van der Waals surface area contributed by atoms with E-state index in [2.05, 4.69) is 40.0 Å². The van der Waals surface area contributed by atoms with Crippen LogP contribution in [0.25, 0.3) is 11.0 Å². The van der Waals surface area contributed by atoms with E-state index in [9.17, 15) is 9.59 Å². The van der Waals surface area contributed by atoms with Crippen LogP contribution in [0.2, 0.25) is 5.02 Å². The smallest absolute Gasteiger partial charge is 0.244 e. The number of piperazine rings is 1. The molecule has 15 nitrogen and oxygen atoms in total. The molecule has 4 N–H and O–H groups in total. The highest BCUT2D eigenvalue weighted by Gasteiger charge is 2.46. The van der Waals surface area contributed by atoms with E-state index in [4.69, 9.17) is 32.0 Å². The van der Waals surface area contributed by atoms with Crippen molar-refractivity contribution < 1.29 is 49.0 Å². The molecule has 0 aliphatic carbocycles. The lowest BCUT2D eigenvalue weighted by Crippen LogP contribution is -2.58. The molecule has 0 radical (unpaired) electrons. The lowest BCUT2D eigenvalue weighted by molar-refractivity contribution is -0.494. The van der Waals surface area contributed by atoms with E-state index in [0.29, 0.717) is 36.1 Å². The molecule has 0 spiro atoms. The van der Waals surface area contributed by atoms with Gasteiger partial charge in [0.25, 0.3) is 0 Å². The number of anilines is 1. The second-order valence-electron chi connectivity index (χ2n) is 9.68. The van der Waals surface area contributed by atoms with Crippen molar-refractivity contribution in [2.24, 2.45) is 0 Å². The van der Waals surface area contributed by atoms with Crippen LogP contribution in [-0.4, -0.2) is 116 Å². The van der Waals surface area contributed by atoms with E-state index in [1.807, 2.05) is 24.0 Å². The minimum absolute atomic E-state index is 0.0283. The van der Waals surface area contributed by atoms with Crippen LogP contribution in [0.4, 0.5) is 5.69 Å². The van der Waals surface area contributed by atoms with Gasteiger partial charge in [0.15, 0.2) is 11.9 Å². The summed E-state index contributed by atoms with van der Waals surface area (Å²) in [5.74, 6) is -0.0283. The van der Waals surface area contributed by atoms with Crippen molar-refractivity contribution >= 4 is 40.5 Å². The Balaban J connectivity index is 0.000000211. The van der Waals surface area contributed by atoms with Crippen LogP contribution in [0.5, 0.6) is 0 Å². The lowest BCUT2D eigenvalue weighted by Gasteiger charge is -2.42. The van der Waals surface area contributed by atoms with Gasteiger partial charge in [-0.15, -0.1) is 0 Å². The summed E-state index contributed by atoms with van der Waals surface area (Å²) in [6.45, 7) is 4.83. The molecule has 226 valence electrons. The maximum Gasteiger partial charge on any atom is 0.244 e. The minimum Gasteiger partial charge on any atom is -0.368 e. The van der Waals surface area contributed by atoms with Gasteiger partial charge in [-0.25, -0.2) is 9.67 Å². The van der Waals surface area contributed by atoms with Crippen LogP contribution in [-0.2, 0) is 30.3 Å². The molecule has 2 aromatic heterocycles. The number of benzene rings is 1. The fourth-order valence-corrected chi connectivity index (χ4v) is 4.76. The van der Waals surface area contributed by atoms with E-state index in [1.54, 1.807) is 18.3 Å². The maximum absolute atomic E-state index is 12.8. The number of nitrogens with zero attached hydrogens (tertiary/aromatic N) is 5. The summed E-state index contributed by atoms with van der Waals surface area (Å²) >= 11 is 6.11. The number of carbonyl (C=O) groups is 2. The molecular formula is C26H30ClN5O10. The first kappa shape index (κ1) is 30.2. The van der Waals surface area contributed by atoms with Crippen molar-refractivity contribution in [3.8, 4) is 0 Å². The molecule has 0 bridgehead atoms. The molecule has 3 fully saturated rings. The third-order valence-electron chi connectivity index (χ3n) is 6.88. The summed E-state index contributed by atoms with van der Waals surface area (Å²) in [6.07, 6.45) is -6.38. The van der Waals surface area contributed by atoms with E-state index >= 15 is 0 Å². The molecule has 4 atom stereocenters. The number of amides is 1. The monoisotopic (exact) mass is 607 g/mol. The Morgan fingerprint density at radius 2 is 1.57 bits per heavy atom. The third-order valence-corrected chi connectivity index (χ3v) is 7.30. The summed E-state index contributed by atoms with van der Waals surface area (Å²) < 4.78 is 20.2. The Morgan fingerprint density at radius 3 is 2.12 bits per heavy atom. The largest absolute Gasteiger partial charge is 0.368 e. The average Bonchev–Trinajstić information content (AvgIpc) is 3.34. The van der Waals surface area contributed by atoms with Gasteiger partial charge in [0.2, 0.25) is 43.6 Å². The van der Waals surface area contributed by atoms with Crippen molar-refractivity contribution in [3.63, 3.8) is 0 Å². The maximum atomic E-state index is 12.8. The van der Waals surface area contributed by atoms with E-state index in [1.165, 1.54) is 4.68 Å². The van der Waals surface area contributed by atoms with Gasteiger partial charge in [-0.05, 0) is 42.8 Å². The molecule has 3 saturated heterocycles. The number of halogens is 1. The van der Waals surface area contributed by atoms with Crippen LogP contribution < -0.4 is 4.90 Å². The van der Waals surface area contributed by atoms with E-state index < -0.39 is 37.7 Å². The Hall–Kier alpha value is -3.25. The molecule has 5 heterocycles. The number of hydrogen-bond donors (Lipinski definition) is 4. The summed E-state index contributed by atoms with van der Waals surface area (Å²) in [5, 5.41) is 41.6. The van der Waals surface area contributed by atoms with Gasteiger partial charge in [-0.1, -0.05) is 11.6 Å². The molecule has 4 unspecified atom stereocenters. The number of rotatable bonds is 4. The summed E-state index contributed by atoms with van der Waals surface area (Å²) in [7, 11) is 0. The molecule has 3 aliphatic heterocycles. The Kier molecular flexibility index (Phi) is 9.32. The summed E-state index contributed by atoms with van der Waals surface area (Å²) in [5.41, 5.74) is 3.01. The predicted molar refractivity (Wildman–Crippen MR) is 144 cm³/mol. The molecule has 42 heavy (non-hydrogen) atoms. The number of aliphatic hydroxyl groups is 4. The number of ether oxygens (including phenoxy) is 4. The summed E-state index contributed by atoms with van der Waals surface area (Å²) in [4.78, 5) is 32.3. The number of aliphatic hydroxyl groups excluding tert-OH is 4. The van der Waals surface area contributed by atoms with Gasteiger partial charge in [0, 0.05) is 48.5 Å². The molecule has 1 amide bonds. The highest BCUT2D eigenvalue weighted by atomic mass is 35.5. The van der Waals surface area contributed by atoms with Crippen LogP contribution in [0.1, 0.15) is 16.1 Å². The topological polar surface area (TPSA) is 189 Å². The van der Waals surface area contributed by atoms with Gasteiger partial charge in [0.1, 0.15) is 12.2 Å². The fraction of sp³-hybridized carbons (Fsp3) is 0.462.